The van der Waals surface area contributed by atoms with Crippen molar-refractivity contribution in [2.75, 3.05) is 0 Å². The van der Waals surface area contributed by atoms with Crippen LogP contribution in [0.15, 0.2) is 64.1 Å². The highest BCUT2D eigenvalue weighted by atomic mass is 35.5. The molecule has 1 aromatic heterocycles. The molecule has 1 amide bonds. The Bertz CT molecular complexity index is 1030. The van der Waals surface area contributed by atoms with Crippen molar-refractivity contribution in [3.63, 3.8) is 0 Å². The summed E-state index contributed by atoms with van der Waals surface area (Å²) in [5.74, 6) is 0.510. The molecule has 27 heavy (non-hydrogen) atoms. The molecule has 0 aliphatic rings. The van der Waals surface area contributed by atoms with Crippen LogP contribution in [0.4, 0.5) is 5.69 Å². The van der Waals surface area contributed by atoms with E-state index < -0.39 is 10.8 Å². The van der Waals surface area contributed by atoms with Crippen LogP contribution in [0.5, 0.6) is 0 Å². The molecular formula is C19H14ClN3O4. The summed E-state index contributed by atoms with van der Waals surface area (Å²) in [4.78, 5) is 22.3. The van der Waals surface area contributed by atoms with Crippen LogP contribution >= 0.6 is 11.6 Å². The minimum absolute atomic E-state index is 0.00423. The van der Waals surface area contributed by atoms with Crippen molar-refractivity contribution in [1.82, 2.24) is 5.43 Å². The van der Waals surface area contributed by atoms with Gasteiger partial charge in [-0.25, -0.2) is 5.43 Å². The van der Waals surface area contributed by atoms with Gasteiger partial charge in [0.15, 0.2) is 0 Å². The Morgan fingerprint density at radius 3 is 2.59 bits per heavy atom. The fourth-order valence-corrected chi connectivity index (χ4v) is 2.66. The monoisotopic (exact) mass is 383 g/mol. The lowest BCUT2D eigenvalue weighted by molar-refractivity contribution is -0.384. The molecule has 0 fully saturated rings. The zero-order valence-corrected chi connectivity index (χ0v) is 14.9. The van der Waals surface area contributed by atoms with Crippen LogP contribution in [0.1, 0.15) is 21.7 Å². The number of nitro groups is 1. The molecule has 136 valence electrons. The molecule has 0 saturated heterocycles. The molecule has 0 saturated carbocycles. The number of halogens is 1. The molecule has 3 aromatic rings. The number of hydrogen-bond donors (Lipinski definition) is 1. The number of hydrogen-bond acceptors (Lipinski definition) is 5. The molecule has 1 heterocycles. The molecule has 0 unspecified atom stereocenters. The highest BCUT2D eigenvalue weighted by Crippen LogP contribution is 2.24. The number of furan rings is 1. The number of nitrogens with zero attached hydrogens (tertiary/aromatic N) is 2. The molecular weight excluding hydrogens is 370 g/mol. The van der Waals surface area contributed by atoms with Crippen LogP contribution in [0.2, 0.25) is 5.02 Å². The van der Waals surface area contributed by atoms with Crippen LogP contribution in [0.25, 0.3) is 11.3 Å². The zero-order valence-electron chi connectivity index (χ0n) is 14.2. The maximum absolute atomic E-state index is 12.1. The number of carbonyl (C=O) groups is 1. The molecule has 8 heteroatoms. The van der Waals surface area contributed by atoms with Crippen LogP contribution < -0.4 is 5.43 Å². The molecule has 0 aliphatic heterocycles. The van der Waals surface area contributed by atoms with Gasteiger partial charge in [-0.1, -0.05) is 17.7 Å². The van der Waals surface area contributed by atoms with E-state index in [0.29, 0.717) is 27.7 Å². The van der Waals surface area contributed by atoms with E-state index in [1.54, 1.807) is 42.5 Å². The first kappa shape index (κ1) is 18.3. The number of non-ortho nitro benzene ring substituents is 1. The van der Waals surface area contributed by atoms with Crippen molar-refractivity contribution >= 4 is 29.4 Å². The van der Waals surface area contributed by atoms with Crippen LogP contribution in [-0.2, 0) is 0 Å². The third-order valence-corrected chi connectivity index (χ3v) is 4.03. The first-order valence-corrected chi connectivity index (χ1v) is 8.26. The van der Waals surface area contributed by atoms with E-state index >= 15 is 0 Å². The van der Waals surface area contributed by atoms with Crippen molar-refractivity contribution in [1.29, 1.82) is 0 Å². The van der Waals surface area contributed by atoms with Crippen molar-refractivity contribution in [2.45, 2.75) is 6.92 Å². The molecule has 2 aromatic carbocycles. The number of hydrazone groups is 1. The van der Waals surface area contributed by atoms with Gasteiger partial charge < -0.3 is 4.42 Å². The number of carbonyl (C=O) groups excluding carboxylic acids is 1. The van der Waals surface area contributed by atoms with Gasteiger partial charge in [-0.15, -0.1) is 0 Å². The van der Waals surface area contributed by atoms with Gasteiger partial charge in [0.1, 0.15) is 11.5 Å². The summed E-state index contributed by atoms with van der Waals surface area (Å²) in [6, 6.07) is 14.5. The van der Waals surface area contributed by atoms with Gasteiger partial charge in [0, 0.05) is 17.7 Å². The van der Waals surface area contributed by atoms with Crippen molar-refractivity contribution in [3.05, 3.63) is 86.6 Å². The summed E-state index contributed by atoms with van der Waals surface area (Å²) in [6.45, 7) is 1.88. The second kappa shape index (κ2) is 7.84. The van der Waals surface area contributed by atoms with Crippen molar-refractivity contribution in [3.8, 4) is 11.3 Å². The lowest BCUT2D eigenvalue weighted by Crippen LogP contribution is -2.18. The van der Waals surface area contributed by atoms with E-state index in [1.165, 1.54) is 18.3 Å². The third kappa shape index (κ3) is 4.39. The van der Waals surface area contributed by atoms with E-state index in [-0.39, 0.29) is 5.69 Å². The van der Waals surface area contributed by atoms with Gasteiger partial charge in [0.05, 0.1) is 21.7 Å². The lowest BCUT2D eigenvalue weighted by atomic mass is 10.1. The smallest absolute Gasteiger partial charge is 0.272 e. The summed E-state index contributed by atoms with van der Waals surface area (Å²) in [6.07, 6.45) is 1.36. The highest BCUT2D eigenvalue weighted by molar-refractivity contribution is 6.33. The third-order valence-electron chi connectivity index (χ3n) is 3.72. The Labute approximate surface area is 159 Å². The van der Waals surface area contributed by atoms with Crippen LogP contribution in [-0.4, -0.2) is 17.0 Å². The van der Waals surface area contributed by atoms with Gasteiger partial charge in [0.25, 0.3) is 11.6 Å². The molecule has 1 N–H and O–H groups in total. The molecule has 0 spiro atoms. The van der Waals surface area contributed by atoms with Gasteiger partial charge >= 0.3 is 0 Å². The zero-order chi connectivity index (χ0) is 19.4. The Hall–Kier alpha value is -3.45. The fourth-order valence-electron chi connectivity index (χ4n) is 2.34. The summed E-state index contributed by atoms with van der Waals surface area (Å²) in [5.41, 5.74) is 4.36. The molecule has 0 radical (unpaired) electrons. The van der Waals surface area contributed by atoms with E-state index in [1.807, 2.05) is 6.92 Å². The van der Waals surface area contributed by atoms with Gasteiger partial charge in [-0.3, -0.25) is 14.9 Å². The van der Waals surface area contributed by atoms with Gasteiger partial charge in [0.2, 0.25) is 0 Å². The summed E-state index contributed by atoms with van der Waals surface area (Å²) in [5, 5.41) is 14.9. The number of amides is 1. The topological polar surface area (TPSA) is 97.7 Å². The lowest BCUT2D eigenvalue weighted by Gasteiger charge is -2.03. The number of rotatable bonds is 5. The van der Waals surface area contributed by atoms with E-state index in [0.717, 1.165) is 5.56 Å². The van der Waals surface area contributed by atoms with E-state index in [9.17, 15) is 14.9 Å². The standard InChI is InChI=1S/C19H14ClN3O4/c1-12-2-8-16(17(20)10-12)19(24)22-21-11-15-7-9-18(27-15)13-3-5-14(6-4-13)23(25)26/h2-11H,1H3,(H,22,24)/b21-11-. The first-order valence-electron chi connectivity index (χ1n) is 7.88. The Morgan fingerprint density at radius 2 is 1.93 bits per heavy atom. The largest absolute Gasteiger partial charge is 0.455 e. The summed E-state index contributed by atoms with van der Waals surface area (Å²) >= 11 is 6.05. The summed E-state index contributed by atoms with van der Waals surface area (Å²) in [7, 11) is 0. The van der Waals surface area contributed by atoms with Gasteiger partial charge in [-0.05, 0) is 48.9 Å². The van der Waals surface area contributed by atoms with Crippen molar-refractivity contribution < 1.29 is 14.1 Å². The quantitative estimate of drug-likeness (QED) is 0.396. The van der Waals surface area contributed by atoms with Crippen LogP contribution in [0.3, 0.4) is 0 Å². The van der Waals surface area contributed by atoms with E-state index in [4.69, 9.17) is 16.0 Å². The fraction of sp³-hybridized carbons (Fsp3) is 0.0526. The second-order valence-corrected chi connectivity index (χ2v) is 6.10. The highest BCUT2D eigenvalue weighted by Gasteiger charge is 2.10. The predicted molar refractivity (Wildman–Crippen MR) is 102 cm³/mol. The van der Waals surface area contributed by atoms with Crippen LogP contribution in [0, 0.1) is 17.0 Å². The maximum Gasteiger partial charge on any atom is 0.272 e. The Kier molecular flexibility index (Phi) is 5.33. The summed E-state index contributed by atoms with van der Waals surface area (Å²) < 4.78 is 5.60. The maximum atomic E-state index is 12.1. The predicted octanol–water partition coefficient (Wildman–Crippen LogP) is 4.58. The minimum atomic E-state index is -0.465. The SMILES string of the molecule is Cc1ccc(C(=O)N/N=C\c2ccc(-c3ccc([N+](=O)[O-])cc3)o2)c(Cl)c1. The molecule has 3 rings (SSSR count). The number of aryl methyl sites for hydroxylation is 1. The Morgan fingerprint density at radius 1 is 1.19 bits per heavy atom. The number of nitrogens with one attached hydrogen (secondary N) is 1. The van der Waals surface area contributed by atoms with Crippen molar-refractivity contribution in [2.24, 2.45) is 5.10 Å². The molecule has 0 bridgehead atoms. The number of benzene rings is 2. The first-order chi connectivity index (χ1) is 12.9. The number of nitro benzene ring substituents is 1. The Balaban J connectivity index is 1.66. The van der Waals surface area contributed by atoms with E-state index in [2.05, 4.69) is 10.5 Å². The molecule has 0 atom stereocenters. The normalized spacial score (nSPS) is 10.9. The molecule has 0 aliphatic carbocycles. The second-order valence-electron chi connectivity index (χ2n) is 5.69. The molecule has 7 nitrogen and oxygen atoms in total. The average Bonchev–Trinajstić information content (AvgIpc) is 3.10. The average molecular weight is 384 g/mol. The van der Waals surface area contributed by atoms with Gasteiger partial charge in [-0.2, -0.15) is 5.10 Å². The minimum Gasteiger partial charge on any atom is -0.455 e.